The second-order valence-electron chi connectivity index (χ2n) is 18.7. The van der Waals surface area contributed by atoms with Crippen LogP contribution in [0.3, 0.4) is 0 Å². The van der Waals surface area contributed by atoms with Crippen molar-refractivity contribution >= 4 is 11.9 Å². The molecule has 0 amide bonds. The van der Waals surface area contributed by atoms with Gasteiger partial charge in [-0.1, -0.05) is 24.3 Å². The molecule has 0 aliphatic carbocycles. The van der Waals surface area contributed by atoms with E-state index in [1.165, 1.54) is 22.3 Å². The first-order valence-electron chi connectivity index (χ1n) is 24.4. The maximum Gasteiger partial charge on any atom is 0.306 e. The average molecular weight is 969 g/mol. The van der Waals surface area contributed by atoms with E-state index in [2.05, 4.69) is 62.6 Å². The topological polar surface area (TPSA) is 126 Å². The van der Waals surface area contributed by atoms with Gasteiger partial charge in [-0.2, -0.15) is 0 Å². The molecule has 0 N–H and O–H groups in total. The van der Waals surface area contributed by atoms with Gasteiger partial charge in [-0.25, -0.2) is 0 Å². The van der Waals surface area contributed by atoms with Gasteiger partial charge >= 0.3 is 11.9 Å². The summed E-state index contributed by atoms with van der Waals surface area (Å²) in [5.41, 5.74) is 7.24. The standard InChI is InChI=1S/C56H76N2O12/c1-57(27-23-41-35-51(65-7)53(67-9)37-43(41)45(57)31-39-19-21-47(61-3)49(33-39)63-5)25-15-29-69-55(59)17-13-11-12-14-18-56(60)70-30-16-26-58(2)28-24-42-36-52(66-8)54(68-10)38-44(42)46(58)32-40-20-22-48(62-4)50(34-40)64-6/h11-12,19-22,33-38,45-46H,13-18,23-32H2,1-10H3/q+2/b12-11+/t45-,46+,57+,58-. The second kappa shape index (κ2) is 25.1. The summed E-state index contributed by atoms with van der Waals surface area (Å²) in [5, 5.41) is 0. The molecular formula is C56H76N2O12+2. The molecule has 0 aromatic heterocycles. The third-order valence-electron chi connectivity index (χ3n) is 14.4. The van der Waals surface area contributed by atoms with Crippen LogP contribution in [-0.2, 0) is 44.7 Å². The van der Waals surface area contributed by atoms with Crippen LogP contribution in [0.5, 0.6) is 46.0 Å². The number of likely N-dealkylation sites (N-methyl/N-ethyl adjacent to an activating group) is 2. The Hall–Kier alpha value is -6.12. The molecule has 14 heteroatoms. The molecule has 2 heterocycles. The lowest BCUT2D eigenvalue weighted by molar-refractivity contribution is -0.941. The molecule has 0 fully saturated rings. The molecule has 4 aromatic carbocycles. The molecule has 70 heavy (non-hydrogen) atoms. The number of esters is 2. The first kappa shape index (κ1) is 53.2. The minimum absolute atomic E-state index is 0.119. The van der Waals surface area contributed by atoms with Crippen molar-refractivity contribution in [3.63, 3.8) is 0 Å². The second-order valence-corrected chi connectivity index (χ2v) is 18.7. The molecule has 0 saturated heterocycles. The molecule has 0 spiro atoms. The first-order valence-corrected chi connectivity index (χ1v) is 24.4. The van der Waals surface area contributed by atoms with Crippen molar-refractivity contribution in [2.45, 2.75) is 76.3 Å². The molecule has 380 valence electrons. The zero-order valence-electron chi connectivity index (χ0n) is 43.2. The monoisotopic (exact) mass is 969 g/mol. The highest BCUT2D eigenvalue weighted by molar-refractivity contribution is 5.70. The van der Waals surface area contributed by atoms with Gasteiger partial charge in [0.25, 0.3) is 0 Å². The highest BCUT2D eigenvalue weighted by Gasteiger charge is 2.41. The van der Waals surface area contributed by atoms with E-state index >= 15 is 0 Å². The fourth-order valence-electron chi connectivity index (χ4n) is 10.3. The van der Waals surface area contributed by atoms with Gasteiger partial charge in [-0.05, 0) is 83.6 Å². The third-order valence-corrected chi connectivity index (χ3v) is 14.4. The van der Waals surface area contributed by atoms with E-state index in [0.717, 1.165) is 96.3 Å². The van der Waals surface area contributed by atoms with E-state index in [4.69, 9.17) is 47.4 Å². The maximum absolute atomic E-state index is 12.8. The average Bonchev–Trinajstić information content (AvgIpc) is 3.38. The van der Waals surface area contributed by atoms with Gasteiger partial charge < -0.3 is 56.3 Å². The van der Waals surface area contributed by atoms with Gasteiger partial charge in [0.1, 0.15) is 12.1 Å². The number of nitrogens with zero attached hydrogens (tertiary/aromatic N) is 2. The number of quaternary nitrogens is 2. The SMILES string of the molecule is COc1ccc(C[C@@H]2c3cc(OC)c(OC)cc3CC[N@+]2(C)CCCOC(=O)CC/C=C/CCC(=O)OCCC[N@+]2(C)CCc3cc(OC)c(OC)cc3[C@@H]2Cc2ccc(OC)c(OC)c2)cc1OC. The van der Waals surface area contributed by atoms with Gasteiger partial charge in [-0.3, -0.25) is 9.59 Å². The number of fused-ring (bicyclic) bond motifs is 2. The van der Waals surface area contributed by atoms with Crippen molar-refractivity contribution in [3.05, 3.63) is 106 Å². The summed E-state index contributed by atoms with van der Waals surface area (Å²) in [4.78, 5) is 25.6. The molecule has 4 aromatic rings. The Morgan fingerprint density at radius 3 is 1.19 bits per heavy atom. The predicted octanol–water partition coefficient (Wildman–Crippen LogP) is 9.01. The van der Waals surface area contributed by atoms with Crippen molar-refractivity contribution in [2.24, 2.45) is 0 Å². The summed E-state index contributed by atoms with van der Waals surface area (Å²) < 4.78 is 58.1. The quantitative estimate of drug-likeness (QED) is 0.0258. The summed E-state index contributed by atoms with van der Waals surface area (Å²) in [5.74, 6) is 5.19. The number of hydrogen-bond acceptors (Lipinski definition) is 12. The number of hydrogen-bond donors (Lipinski definition) is 0. The van der Waals surface area contributed by atoms with E-state index in [-0.39, 0.29) is 36.9 Å². The summed E-state index contributed by atoms with van der Waals surface area (Å²) in [6.45, 7) is 4.20. The smallest absolute Gasteiger partial charge is 0.306 e. The van der Waals surface area contributed by atoms with Gasteiger partial charge in [0, 0.05) is 62.5 Å². The van der Waals surface area contributed by atoms with Crippen molar-refractivity contribution in [1.29, 1.82) is 0 Å². The number of allylic oxidation sites excluding steroid dienone is 2. The molecule has 6 rings (SSSR count). The number of carbonyl (C=O) groups excluding carboxylic acids is 2. The lowest BCUT2D eigenvalue weighted by Crippen LogP contribution is -2.52. The van der Waals surface area contributed by atoms with E-state index in [9.17, 15) is 9.59 Å². The van der Waals surface area contributed by atoms with Gasteiger partial charge in [0.2, 0.25) is 0 Å². The van der Waals surface area contributed by atoms with Crippen LogP contribution >= 0.6 is 0 Å². The van der Waals surface area contributed by atoms with E-state index < -0.39 is 0 Å². The fourth-order valence-corrected chi connectivity index (χ4v) is 10.3. The number of rotatable bonds is 26. The van der Waals surface area contributed by atoms with Crippen molar-refractivity contribution < 1.29 is 65.9 Å². The molecular weight excluding hydrogens is 893 g/mol. The number of benzene rings is 4. The zero-order chi connectivity index (χ0) is 50.3. The molecule has 2 aliphatic rings. The van der Waals surface area contributed by atoms with E-state index in [0.29, 0.717) is 60.6 Å². The van der Waals surface area contributed by atoms with Crippen LogP contribution in [0, 0.1) is 0 Å². The van der Waals surface area contributed by atoms with Crippen LogP contribution < -0.4 is 37.9 Å². The van der Waals surface area contributed by atoms with Crippen LogP contribution in [0.2, 0.25) is 0 Å². The minimum Gasteiger partial charge on any atom is -0.493 e. The molecule has 2 aliphatic heterocycles. The normalized spacial score (nSPS) is 19.3. The number of methoxy groups -OCH3 is 8. The first-order chi connectivity index (χ1) is 33.9. The number of carbonyl (C=O) groups is 2. The highest BCUT2D eigenvalue weighted by Crippen LogP contribution is 2.45. The maximum atomic E-state index is 12.8. The molecule has 14 nitrogen and oxygen atoms in total. The summed E-state index contributed by atoms with van der Waals surface area (Å²) in [7, 11) is 17.8. The summed E-state index contributed by atoms with van der Waals surface area (Å²) in [6, 6.07) is 20.9. The minimum atomic E-state index is -0.229. The molecule has 0 bridgehead atoms. The molecule has 0 radical (unpaired) electrons. The van der Waals surface area contributed by atoms with Gasteiger partial charge in [0.15, 0.2) is 46.0 Å². The summed E-state index contributed by atoms with van der Waals surface area (Å²) in [6.07, 6.45) is 10.3. The van der Waals surface area contributed by atoms with Crippen LogP contribution in [0.4, 0.5) is 0 Å². The fraction of sp³-hybridized carbons (Fsp3) is 0.500. The van der Waals surface area contributed by atoms with Crippen LogP contribution in [-0.4, -0.2) is 131 Å². The Morgan fingerprint density at radius 2 is 0.829 bits per heavy atom. The Morgan fingerprint density at radius 1 is 0.486 bits per heavy atom. The van der Waals surface area contributed by atoms with E-state index in [1.807, 2.05) is 24.3 Å². The molecule has 0 saturated carbocycles. The van der Waals surface area contributed by atoms with Gasteiger partial charge in [0.05, 0.1) is 110 Å². The molecule has 0 unspecified atom stereocenters. The summed E-state index contributed by atoms with van der Waals surface area (Å²) >= 11 is 0. The van der Waals surface area contributed by atoms with Crippen molar-refractivity contribution in [1.82, 2.24) is 0 Å². The lowest BCUT2D eigenvalue weighted by atomic mass is 9.86. The van der Waals surface area contributed by atoms with Crippen molar-refractivity contribution in [2.75, 3.05) is 110 Å². The number of ether oxygens (including phenoxy) is 10. The third kappa shape index (κ3) is 13.0. The Labute approximate surface area is 415 Å². The molecule has 4 atom stereocenters. The van der Waals surface area contributed by atoms with E-state index in [1.54, 1.807) is 56.9 Å². The largest absolute Gasteiger partial charge is 0.493 e. The Kier molecular flexibility index (Phi) is 19.1. The lowest BCUT2D eigenvalue weighted by Gasteiger charge is -2.46. The highest BCUT2D eigenvalue weighted by atomic mass is 16.5. The zero-order valence-corrected chi connectivity index (χ0v) is 43.2. The van der Waals surface area contributed by atoms with Crippen LogP contribution in [0.25, 0.3) is 0 Å². The van der Waals surface area contributed by atoms with Crippen LogP contribution in [0.15, 0.2) is 72.8 Å². The van der Waals surface area contributed by atoms with Crippen molar-refractivity contribution in [3.8, 4) is 46.0 Å². The predicted molar refractivity (Wildman–Crippen MR) is 269 cm³/mol. The Bertz CT molecular complexity index is 2260. The van der Waals surface area contributed by atoms with Crippen LogP contribution in [0.1, 0.15) is 84.0 Å². The van der Waals surface area contributed by atoms with Gasteiger partial charge in [-0.15, -0.1) is 0 Å². The Balaban J connectivity index is 0.941.